The van der Waals surface area contributed by atoms with Gasteiger partial charge in [-0.3, -0.25) is 9.59 Å². The molecule has 2 amide bonds. The van der Waals surface area contributed by atoms with Crippen LogP contribution in [-0.2, 0) is 16.0 Å². The van der Waals surface area contributed by atoms with E-state index in [0.29, 0.717) is 31.2 Å². The van der Waals surface area contributed by atoms with Crippen molar-refractivity contribution in [2.75, 3.05) is 26.2 Å². The number of piperazine rings is 1. The predicted octanol–water partition coefficient (Wildman–Crippen LogP) is 3.43. The predicted molar refractivity (Wildman–Crippen MR) is 117 cm³/mol. The largest absolute Gasteiger partial charge is 0.339 e. The summed E-state index contributed by atoms with van der Waals surface area (Å²) >= 11 is 6.05. The van der Waals surface area contributed by atoms with Crippen LogP contribution in [0.3, 0.4) is 0 Å². The lowest BCUT2D eigenvalue weighted by Gasteiger charge is -2.34. The first-order valence-corrected chi connectivity index (χ1v) is 10.3. The Morgan fingerprint density at radius 3 is 2.20 bits per heavy atom. The fraction of sp³-hybridized carbons (Fsp3) is 0.261. The van der Waals surface area contributed by atoms with Crippen molar-refractivity contribution < 1.29 is 9.59 Å². The summed E-state index contributed by atoms with van der Waals surface area (Å²) in [6.07, 6.45) is 2.17. The molecule has 0 bridgehead atoms. The van der Waals surface area contributed by atoms with E-state index >= 15 is 0 Å². The summed E-state index contributed by atoms with van der Waals surface area (Å²) in [6.45, 7) is 3.83. The molecule has 6 nitrogen and oxygen atoms in total. The maximum absolute atomic E-state index is 13.0. The number of hydrogen-bond donors (Lipinski definition) is 0. The molecule has 1 aliphatic rings. The Balaban J connectivity index is 1.60. The van der Waals surface area contributed by atoms with E-state index in [1.165, 1.54) is 0 Å². The summed E-state index contributed by atoms with van der Waals surface area (Å²) in [5.41, 5.74) is 3.48. The van der Waals surface area contributed by atoms with Crippen molar-refractivity contribution in [3.05, 3.63) is 71.4 Å². The van der Waals surface area contributed by atoms with Gasteiger partial charge in [-0.2, -0.15) is 5.10 Å². The van der Waals surface area contributed by atoms with Gasteiger partial charge in [-0.15, -0.1) is 0 Å². The molecule has 1 saturated heterocycles. The summed E-state index contributed by atoms with van der Waals surface area (Å²) < 4.78 is 1.81. The van der Waals surface area contributed by atoms with E-state index < -0.39 is 0 Å². The van der Waals surface area contributed by atoms with Crippen LogP contribution in [0.2, 0.25) is 5.02 Å². The van der Waals surface area contributed by atoms with Crippen LogP contribution in [0, 0.1) is 0 Å². The Labute approximate surface area is 180 Å². The highest BCUT2D eigenvalue weighted by molar-refractivity contribution is 6.30. The van der Waals surface area contributed by atoms with Crippen LogP contribution < -0.4 is 0 Å². The fourth-order valence-corrected chi connectivity index (χ4v) is 3.77. The normalized spacial score (nSPS) is 14.1. The minimum atomic E-state index is 0.0426. The van der Waals surface area contributed by atoms with Gasteiger partial charge in [-0.1, -0.05) is 41.9 Å². The molecular formula is C23H23ClN4O2. The van der Waals surface area contributed by atoms with E-state index in [4.69, 9.17) is 16.7 Å². The highest BCUT2D eigenvalue weighted by Gasteiger charge is 2.24. The van der Waals surface area contributed by atoms with Crippen LogP contribution in [0.1, 0.15) is 12.5 Å². The van der Waals surface area contributed by atoms with Gasteiger partial charge in [0, 0.05) is 55.4 Å². The number of hydrogen-bond acceptors (Lipinski definition) is 3. The van der Waals surface area contributed by atoms with Crippen LogP contribution in [0.25, 0.3) is 16.9 Å². The number of para-hydroxylation sites is 1. The third kappa shape index (κ3) is 4.39. The second kappa shape index (κ2) is 8.71. The maximum atomic E-state index is 13.0. The molecule has 0 unspecified atom stereocenters. The monoisotopic (exact) mass is 422 g/mol. The van der Waals surface area contributed by atoms with Crippen LogP contribution in [-0.4, -0.2) is 57.6 Å². The molecule has 0 aliphatic carbocycles. The number of carbonyl (C=O) groups excluding carboxylic acids is 2. The minimum absolute atomic E-state index is 0.0426. The van der Waals surface area contributed by atoms with Crippen LogP contribution >= 0.6 is 11.6 Å². The van der Waals surface area contributed by atoms with Crippen molar-refractivity contribution in [3.8, 4) is 16.9 Å². The molecule has 30 heavy (non-hydrogen) atoms. The van der Waals surface area contributed by atoms with Gasteiger partial charge in [0.15, 0.2) is 0 Å². The van der Waals surface area contributed by atoms with Gasteiger partial charge in [0.2, 0.25) is 11.8 Å². The lowest BCUT2D eigenvalue weighted by molar-refractivity contribution is -0.138. The van der Waals surface area contributed by atoms with Crippen LogP contribution in [0.4, 0.5) is 0 Å². The van der Waals surface area contributed by atoms with Crippen molar-refractivity contribution in [1.29, 1.82) is 0 Å². The SMILES string of the molecule is CC(=O)N1CCN(C(=O)Cc2cn(-c3ccccc3)nc2-c2ccc(Cl)cc2)CC1. The zero-order valence-corrected chi connectivity index (χ0v) is 17.5. The summed E-state index contributed by atoms with van der Waals surface area (Å²) in [4.78, 5) is 28.1. The Hall–Kier alpha value is -3.12. The first-order valence-electron chi connectivity index (χ1n) is 9.94. The van der Waals surface area contributed by atoms with Crippen molar-refractivity contribution in [3.63, 3.8) is 0 Å². The molecular weight excluding hydrogens is 400 g/mol. The molecule has 154 valence electrons. The molecule has 2 aromatic carbocycles. The summed E-state index contributed by atoms with van der Waals surface area (Å²) in [7, 11) is 0. The quantitative estimate of drug-likeness (QED) is 0.647. The second-order valence-corrected chi connectivity index (χ2v) is 7.79. The highest BCUT2D eigenvalue weighted by atomic mass is 35.5. The zero-order valence-electron chi connectivity index (χ0n) is 16.8. The number of amides is 2. The smallest absolute Gasteiger partial charge is 0.227 e. The van der Waals surface area contributed by atoms with Crippen LogP contribution in [0.15, 0.2) is 60.8 Å². The van der Waals surface area contributed by atoms with Gasteiger partial charge in [0.1, 0.15) is 0 Å². The number of aromatic nitrogens is 2. The number of benzene rings is 2. The third-order valence-electron chi connectivity index (χ3n) is 5.35. The Kier molecular flexibility index (Phi) is 5.86. The fourth-order valence-electron chi connectivity index (χ4n) is 3.65. The molecule has 3 aromatic rings. The van der Waals surface area contributed by atoms with Crippen molar-refractivity contribution in [2.45, 2.75) is 13.3 Å². The lowest BCUT2D eigenvalue weighted by Crippen LogP contribution is -2.50. The van der Waals surface area contributed by atoms with E-state index in [2.05, 4.69) is 0 Å². The number of halogens is 1. The summed E-state index contributed by atoms with van der Waals surface area (Å²) in [6, 6.07) is 17.3. The van der Waals surface area contributed by atoms with Gasteiger partial charge >= 0.3 is 0 Å². The maximum Gasteiger partial charge on any atom is 0.227 e. The number of nitrogens with zero attached hydrogens (tertiary/aromatic N) is 4. The molecule has 4 rings (SSSR count). The Morgan fingerprint density at radius 1 is 0.933 bits per heavy atom. The molecule has 1 aromatic heterocycles. The molecule has 7 heteroatoms. The molecule has 1 aliphatic heterocycles. The van der Waals surface area contributed by atoms with Crippen LogP contribution in [0.5, 0.6) is 0 Å². The molecule has 0 N–H and O–H groups in total. The van der Waals surface area contributed by atoms with Gasteiger partial charge in [-0.25, -0.2) is 4.68 Å². The summed E-state index contributed by atoms with van der Waals surface area (Å²) in [5, 5.41) is 5.42. The second-order valence-electron chi connectivity index (χ2n) is 7.35. The molecule has 0 saturated carbocycles. The van der Waals surface area contributed by atoms with Crippen molar-refractivity contribution in [2.24, 2.45) is 0 Å². The van der Waals surface area contributed by atoms with E-state index in [1.807, 2.05) is 65.7 Å². The standard InChI is InChI=1S/C23H23ClN4O2/c1-17(29)26-11-13-27(14-12-26)22(30)15-19-16-28(21-5-3-2-4-6-21)25-23(19)18-7-9-20(24)10-8-18/h2-10,16H,11-15H2,1H3. The topological polar surface area (TPSA) is 58.4 Å². The molecule has 0 atom stereocenters. The van der Waals surface area contributed by atoms with Crippen molar-refractivity contribution in [1.82, 2.24) is 19.6 Å². The Bertz CT molecular complexity index is 1040. The molecule has 0 radical (unpaired) electrons. The molecule has 0 spiro atoms. The summed E-state index contributed by atoms with van der Waals surface area (Å²) in [5.74, 6) is 0.0947. The third-order valence-corrected chi connectivity index (χ3v) is 5.60. The zero-order chi connectivity index (χ0) is 21.1. The molecule has 2 heterocycles. The van der Waals surface area contributed by atoms with Gasteiger partial charge in [-0.05, 0) is 24.3 Å². The van der Waals surface area contributed by atoms with E-state index in [-0.39, 0.29) is 18.2 Å². The first kappa shape index (κ1) is 20.2. The lowest BCUT2D eigenvalue weighted by atomic mass is 10.1. The first-order chi connectivity index (χ1) is 14.5. The molecule has 1 fully saturated rings. The number of carbonyl (C=O) groups is 2. The number of rotatable bonds is 4. The van der Waals surface area contributed by atoms with Gasteiger partial charge in [0.05, 0.1) is 17.8 Å². The average molecular weight is 423 g/mol. The van der Waals surface area contributed by atoms with E-state index in [0.717, 1.165) is 22.5 Å². The van der Waals surface area contributed by atoms with Crippen molar-refractivity contribution >= 4 is 23.4 Å². The average Bonchev–Trinajstić information content (AvgIpc) is 3.18. The van der Waals surface area contributed by atoms with E-state index in [1.54, 1.807) is 16.5 Å². The van der Waals surface area contributed by atoms with Gasteiger partial charge in [0.25, 0.3) is 0 Å². The Morgan fingerprint density at radius 2 is 1.57 bits per heavy atom. The minimum Gasteiger partial charge on any atom is -0.339 e. The van der Waals surface area contributed by atoms with Gasteiger partial charge < -0.3 is 9.80 Å². The highest BCUT2D eigenvalue weighted by Crippen LogP contribution is 2.26. The van der Waals surface area contributed by atoms with E-state index in [9.17, 15) is 9.59 Å².